The molecule has 0 aliphatic heterocycles. The third kappa shape index (κ3) is 21.9. The largest absolute Gasteiger partial charge is 0.481 e. The summed E-state index contributed by atoms with van der Waals surface area (Å²) in [5, 5.41) is 9.01. The van der Waals surface area contributed by atoms with E-state index in [-0.39, 0.29) is 12.4 Å². The highest BCUT2D eigenvalue weighted by Gasteiger charge is 2.22. The number of unbranched alkanes of at least 4 members (excludes halogenated alkanes) is 15. The Hall–Kier alpha value is -1.32. The standard InChI is InChI=1S/C28H52O4/c1-3-5-6-7-8-9-10-11-12-13-14-15-16-17-18-19-20-21-22-23-26(25-27(29)30)28(31)32-24-4-2/h7-8,26H,3-6,9-25H2,1-2H3,(H,29,30)/b8-7+. The number of allylic oxidation sites excluding steroid dienone is 2. The van der Waals surface area contributed by atoms with E-state index in [1.165, 1.54) is 96.3 Å². The molecular weight excluding hydrogens is 400 g/mol. The topological polar surface area (TPSA) is 63.6 Å². The molecular formula is C28H52O4. The van der Waals surface area contributed by atoms with Gasteiger partial charge in [-0.1, -0.05) is 116 Å². The number of hydrogen-bond acceptors (Lipinski definition) is 3. The number of rotatable bonds is 24. The number of esters is 1. The van der Waals surface area contributed by atoms with Gasteiger partial charge in [-0.05, 0) is 32.1 Å². The van der Waals surface area contributed by atoms with E-state index in [0.717, 1.165) is 19.3 Å². The Morgan fingerprint density at radius 3 is 1.62 bits per heavy atom. The van der Waals surface area contributed by atoms with E-state index in [1.807, 2.05) is 6.92 Å². The van der Waals surface area contributed by atoms with Gasteiger partial charge in [0.15, 0.2) is 0 Å². The second-order valence-electron chi connectivity index (χ2n) is 9.25. The Morgan fingerprint density at radius 2 is 1.16 bits per heavy atom. The lowest BCUT2D eigenvalue weighted by Gasteiger charge is -2.13. The number of carbonyl (C=O) groups is 2. The molecule has 1 unspecified atom stereocenters. The van der Waals surface area contributed by atoms with Crippen LogP contribution in [0.3, 0.4) is 0 Å². The Labute approximate surface area is 198 Å². The molecule has 0 aliphatic carbocycles. The van der Waals surface area contributed by atoms with Crippen LogP contribution in [-0.2, 0) is 14.3 Å². The van der Waals surface area contributed by atoms with Crippen molar-refractivity contribution < 1.29 is 19.4 Å². The van der Waals surface area contributed by atoms with Crippen molar-refractivity contribution in [3.05, 3.63) is 12.2 Å². The lowest BCUT2D eigenvalue weighted by molar-refractivity contribution is -0.153. The quantitative estimate of drug-likeness (QED) is 0.0904. The second kappa shape index (κ2) is 24.3. The summed E-state index contributed by atoms with van der Waals surface area (Å²) < 4.78 is 5.14. The van der Waals surface area contributed by atoms with Crippen LogP contribution in [0.15, 0.2) is 12.2 Å². The van der Waals surface area contributed by atoms with Gasteiger partial charge in [-0.15, -0.1) is 0 Å². The molecule has 1 atom stereocenters. The van der Waals surface area contributed by atoms with Crippen LogP contribution in [0.4, 0.5) is 0 Å². The van der Waals surface area contributed by atoms with Gasteiger partial charge in [0.2, 0.25) is 0 Å². The Bertz CT molecular complexity index is 458. The lowest BCUT2D eigenvalue weighted by Crippen LogP contribution is -2.21. The zero-order chi connectivity index (χ0) is 23.7. The summed E-state index contributed by atoms with van der Waals surface area (Å²) in [4.78, 5) is 23.0. The van der Waals surface area contributed by atoms with Crippen LogP contribution in [0.25, 0.3) is 0 Å². The third-order valence-corrected chi connectivity index (χ3v) is 6.02. The average Bonchev–Trinajstić information content (AvgIpc) is 2.77. The summed E-state index contributed by atoms with van der Waals surface area (Å²) in [6.45, 7) is 4.57. The van der Waals surface area contributed by atoms with Gasteiger partial charge in [0.25, 0.3) is 0 Å². The fourth-order valence-corrected chi connectivity index (χ4v) is 3.99. The number of carboxylic acids is 1. The van der Waals surface area contributed by atoms with Crippen LogP contribution >= 0.6 is 0 Å². The van der Waals surface area contributed by atoms with E-state index in [0.29, 0.717) is 13.0 Å². The van der Waals surface area contributed by atoms with Crippen LogP contribution in [0.2, 0.25) is 0 Å². The van der Waals surface area contributed by atoms with E-state index in [1.54, 1.807) is 0 Å². The number of ether oxygens (including phenoxy) is 1. The Balaban J connectivity index is 3.44. The molecule has 0 bridgehead atoms. The molecule has 0 heterocycles. The number of carboxylic acid groups (broad SMARTS) is 1. The van der Waals surface area contributed by atoms with Crippen molar-refractivity contribution in [1.29, 1.82) is 0 Å². The van der Waals surface area contributed by atoms with Gasteiger partial charge in [-0.25, -0.2) is 0 Å². The summed E-state index contributed by atoms with van der Waals surface area (Å²) in [7, 11) is 0. The molecule has 0 aromatic rings. The van der Waals surface area contributed by atoms with Crippen molar-refractivity contribution >= 4 is 11.9 Å². The highest BCUT2D eigenvalue weighted by molar-refractivity contribution is 5.79. The minimum Gasteiger partial charge on any atom is -0.481 e. The maximum Gasteiger partial charge on any atom is 0.309 e. The number of hydrogen-bond donors (Lipinski definition) is 1. The Kier molecular flexibility index (Phi) is 23.3. The van der Waals surface area contributed by atoms with Crippen molar-refractivity contribution in [2.75, 3.05) is 6.61 Å². The summed E-state index contributed by atoms with van der Waals surface area (Å²) in [5.41, 5.74) is 0. The summed E-state index contributed by atoms with van der Waals surface area (Å²) in [6, 6.07) is 0. The van der Waals surface area contributed by atoms with Crippen LogP contribution in [0.1, 0.15) is 142 Å². The monoisotopic (exact) mass is 452 g/mol. The van der Waals surface area contributed by atoms with Crippen molar-refractivity contribution in [1.82, 2.24) is 0 Å². The van der Waals surface area contributed by atoms with Gasteiger partial charge >= 0.3 is 11.9 Å². The van der Waals surface area contributed by atoms with Crippen molar-refractivity contribution in [2.45, 2.75) is 142 Å². The fourth-order valence-electron chi connectivity index (χ4n) is 3.99. The van der Waals surface area contributed by atoms with Crippen molar-refractivity contribution in [3.63, 3.8) is 0 Å². The molecule has 0 rings (SSSR count). The second-order valence-corrected chi connectivity index (χ2v) is 9.25. The lowest BCUT2D eigenvalue weighted by atomic mass is 9.97. The van der Waals surface area contributed by atoms with E-state index in [9.17, 15) is 9.59 Å². The smallest absolute Gasteiger partial charge is 0.309 e. The van der Waals surface area contributed by atoms with E-state index < -0.39 is 11.9 Å². The zero-order valence-electron chi connectivity index (χ0n) is 21.3. The molecule has 0 saturated heterocycles. The molecule has 0 aromatic heterocycles. The Morgan fingerprint density at radius 1 is 0.688 bits per heavy atom. The first-order valence-electron chi connectivity index (χ1n) is 13.6. The first-order chi connectivity index (χ1) is 15.6. The third-order valence-electron chi connectivity index (χ3n) is 6.02. The van der Waals surface area contributed by atoms with Gasteiger partial charge in [0.1, 0.15) is 0 Å². The molecule has 1 N–H and O–H groups in total. The summed E-state index contributed by atoms with van der Waals surface area (Å²) in [6.07, 6.45) is 27.7. The first-order valence-corrected chi connectivity index (χ1v) is 13.6. The van der Waals surface area contributed by atoms with Gasteiger partial charge in [0, 0.05) is 0 Å². The van der Waals surface area contributed by atoms with Crippen LogP contribution < -0.4 is 0 Å². The van der Waals surface area contributed by atoms with Crippen molar-refractivity contribution in [2.24, 2.45) is 5.92 Å². The highest BCUT2D eigenvalue weighted by Crippen LogP contribution is 2.18. The molecule has 0 aliphatic rings. The fraction of sp³-hybridized carbons (Fsp3) is 0.857. The maximum absolute atomic E-state index is 12.0. The molecule has 188 valence electrons. The summed E-state index contributed by atoms with van der Waals surface area (Å²) >= 11 is 0. The molecule has 0 spiro atoms. The molecule has 0 saturated carbocycles. The van der Waals surface area contributed by atoms with Gasteiger partial charge in [0.05, 0.1) is 18.9 Å². The molecule has 4 heteroatoms. The van der Waals surface area contributed by atoms with Gasteiger partial charge in [-0.3, -0.25) is 9.59 Å². The van der Waals surface area contributed by atoms with Gasteiger partial charge < -0.3 is 9.84 Å². The van der Waals surface area contributed by atoms with Crippen molar-refractivity contribution in [3.8, 4) is 0 Å². The minimum atomic E-state index is -0.918. The van der Waals surface area contributed by atoms with Crippen LogP contribution in [0.5, 0.6) is 0 Å². The minimum absolute atomic E-state index is 0.112. The van der Waals surface area contributed by atoms with Gasteiger partial charge in [-0.2, -0.15) is 0 Å². The average molecular weight is 453 g/mol. The molecule has 0 aromatic carbocycles. The first kappa shape index (κ1) is 30.7. The maximum atomic E-state index is 12.0. The van der Waals surface area contributed by atoms with E-state index >= 15 is 0 Å². The van der Waals surface area contributed by atoms with E-state index in [4.69, 9.17) is 9.84 Å². The number of aliphatic carboxylic acids is 1. The molecule has 32 heavy (non-hydrogen) atoms. The summed E-state index contributed by atoms with van der Waals surface area (Å²) in [5.74, 6) is -1.74. The zero-order valence-corrected chi connectivity index (χ0v) is 21.3. The number of carbonyl (C=O) groups excluding carboxylic acids is 1. The predicted octanol–water partition coefficient (Wildman–Crippen LogP) is 8.63. The molecule has 0 fully saturated rings. The predicted molar refractivity (Wildman–Crippen MR) is 135 cm³/mol. The molecule has 0 radical (unpaired) electrons. The molecule has 0 amide bonds. The highest BCUT2D eigenvalue weighted by atomic mass is 16.5. The van der Waals surface area contributed by atoms with E-state index in [2.05, 4.69) is 19.1 Å². The normalized spacial score (nSPS) is 12.3. The van der Waals surface area contributed by atoms with Crippen LogP contribution in [0, 0.1) is 5.92 Å². The SMILES string of the molecule is CCCC/C=C/CCCCCCCCCCCCCCCC(CC(=O)O)C(=O)OCCC. The molecule has 4 nitrogen and oxygen atoms in total. The van der Waals surface area contributed by atoms with Crippen LogP contribution in [-0.4, -0.2) is 23.7 Å².